The Kier molecular flexibility index (Phi) is 12.3. The van der Waals surface area contributed by atoms with Gasteiger partial charge in [-0.3, -0.25) is 0 Å². The summed E-state index contributed by atoms with van der Waals surface area (Å²) in [4.78, 5) is 0. The molecular weight excluding hydrogens is 620 g/mol. The van der Waals surface area contributed by atoms with E-state index in [1.165, 1.54) is 0 Å². The van der Waals surface area contributed by atoms with E-state index in [9.17, 15) is 0 Å². The average Bonchev–Trinajstić information content (AvgIpc) is 3.13. The second-order valence-corrected chi connectivity index (χ2v) is 12.5. The smallest absolute Gasteiger partial charge is 0.119 e. The second kappa shape index (κ2) is 17.4. The van der Waals surface area contributed by atoms with Crippen molar-refractivity contribution in [2.75, 3.05) is 13.2 Å². The highest BCUT2D eigenvalue weighted by molar-refractivity contribution is 6.31. The van der Waals surface area contributed by atoms with Crippen LogP contribution < -0.4 is 4.74 Å². The van der Waals surface area contributed by atoms with Crippen molar-refractivity contribution >= 4 is 11.6 Å². The molecule has 1 fully saturated rings. The number of ether oxygens (including phenoxy) is 5. The lowest BCUT2D eigenvalue weighted by atomic mass is 9.91. The van der Waals surface area contributed by atoms with Gasteiger partial charge >= 0.3 is 0 Å². The van der Waals surface area contributed by atoms with E-state index < -0.39 is 0 Å². The molecule has 1 aliphatic heterocycles. The van der Waals surface area contributed by atoms with Gasteiger partial charge in [0.15, 0.2) is 0 Å². The third-order valence-electron chi connectivity index (χ3n) is 8.57. The van der Waals surface area contributed by atoms with Crippen LogP contribution in [0, 0.1) is 0 Å². The van der Waals surface area contributed by atoms with Gasteiger partial charge in [-0.25, -0.2) is 0 Å². The molecule has 4 atom stereocenters. The van der Waals surface area contributed by atoms with Gasteiger partial charge in [-0.1, -0.05) is 127 Å². The van der Waals surface area contributed by atoms with Crippen LogP contribution in [0.3, 0.4) is 0 Å². The zero-order valence-electron chi connectivity index (χ0n) is 27.4. The molecule has 248 valence electrons. The van der Waals surface area contributed by atoms with Gasteiger partial charge in [-0.05, 0) is 64.9 Å². The Hall–Kier alpha value is -3.97. The van der Waals surface area contributed by atoms with E-state index >= 15 is 0 Å². The van der Waals surface area contributed by atoms with Crippen LogP contribution >= 0.6 is 11.6 Å². The second-order valence-electron chi connectivity index (χ2n) is 12.1. The van der Waals surface area contributed by atoms with Crippen LogP contribution in [-0.4, -0.2) is 31.5 Å². The number of rotatable bonds is 15. The molecule has 6 rings (SSSR count). The monoisotopic (exact) mass is 662 g/mol. The Bertz CT molecular complexity index is 1660. The van der Waals surface area contributed by atoms with Crippen molar-refractivity contribution in [3.8, 4) is 5.75 Å². The van der Waals surface area contributed by atoms with Crippen molar-refractivity contribution in [2.45, 2.75) is 64.0 Å². The number of halogens is 1. The molecule has 6 heteroatoms. The van der Waals surface area contributed by atoms with Crippen molar-refractivity contribution < 1.29 is 23.7 Å². The van der Waals surface area contributed by atoms with Crippen LogP contribution in [0.1, 0.15) is 52.8 Å². The first-order valence-corrected chi connectivity index (χ1v) is 17.1. The molecule has 5 aromatic rings. The van der Waals surface area contributed by atoms with Crippen LogP contribution in [0.25, 0.3) is 0 Å². The SMILES string of the molecule is CCOc1ccc(Cc2cc([C@@H]3O[C@H](COCc4ccccc4)[C@@H](OCc4ccccc4)C[C@H]3OCc3ccccc3)ccc2Cl)cc1. The largest absolute Gasteiger partial charge is 0.494 e. The van der Waals surface area contributed by atoms with Crippen molar-refractivity contribution in [3.63, 3.8) is 0 Å². The third kappa shape index (κ3) is 9.56. The van der Waals surface area contributed by atoms with E-state index in [-0.39, 0.29) is 24.4 Å². The first-order chi connectivity index (χ1) is 23.6. The molecule has 5 aromatic carbocycles. The fraction of sp³-hybridized carbons (Fsp3) is 0.286. The Morgan fingerprint density at radius 3 is 1.83 bits per heavy atom. The number of benzene rings is 5. The van der Waals surface area contributed by atoms with Gasteiger partial charge in [0.2, 0.25) is 0 Å². The standard InChI is InChI=1S/C42H43ClO5/c1-2-45-37-21-18-31(19-22-37)24-36-25-35(20-23-38(36)43)42-40(47-29-34-16-10-5-11-17-34)26-39(46-28-33-14-8-4-9-15-33)41(48-42)30-44-27-32-12-6-3-7-13-32/h3-23,25,39-42H,2,24,26-30H2,1H3/t39-,40+,41+,42-/m0/s1. The predicted molar refractivity (Wildman–Crippen MR) is 190 cm³/mol. The molecule has 5 nitrogen and oxygen atoms in total. The van der Waals surface area contributed by atoms with Gasteiger partial charge in [-0.15, -0.1) is 0 Å². The lowest BCUT2D eigenvalue weighted by Crippen LogP contribution is -2.47. The molecule has 0 aliphatic carbocycles. The van der Waals surface area contributed by atoms with Crippen molar-refractivity contribution in [3.05, 3.63) is 172 Å². The minimum Gasteiger partial charge on any atom is -0.494 e. The molecular formula is C42H43ClO5. The normalized spacial score (nSPS) is 19.2. The van der Waals surface area contributed by atoms with Gasteiger partial charge in [0, 0.05) is 11.4 Å². The maximum absolute atomic E-state index is 6.97. The quantitative estimate of drug-likeness (QED) is 0.112. The molecule has 0 aromatic heterocycles. The Morgan fingerprint density at radius 1 is 0.646 bits per heavy atom. The van der Waals surface area contributed by atoms with Crippen LogP contribution in [0.5, 0.6) is 5.75 Å². The van der Waals surface area contributed by atoms with Crippen LogP contribution in [0.15, 0.2) is 133 Å². The Labute approximate surface area is 289 Å². The molecule has 1 aliphatic rings. The van der Waals surface area contributed by atoms with Crippen LogP contribution in [-0.2, 0) is 45.2 Å². The molecule has 0 unspecified atom stereocenters. The first-order valence-electron chi connectivity index (χ1n) is 16.7. The number of hydrogen-bond acceptors (Lipinski definition) is 5. The summed E-state index contributed by atoms with van der Waals surface area (Å²) in [5, 5.41) is 0.719. The third-order valence-corrected chi connectivity index (χ3v) is 8.94. The van der Waals surface area contributed by atoms with E-state index in [2.05, 4.69) is 60.7 Å². The minimum atomic E-state index is -0.341. The Morgan fingerprint density at radius 2 is 1.23 bits per heavy atom. The highest BCUT2D eigenvalue weighted by atomic mass is 35.5. The molecule has 0 amide bonds. The van der Waals surface area contributed by atoms with Crippen molar-refractivity contribution in [2.24, 2.45) is 0 Å². The van der Waals surface area contributed by atoms with Crippen molar-refractivity contribution in [1.29, 1.82) is 0 Å². The molecule has 0 bridgehead atoms. The van der Waals surface area contributed by atoms with Gasteiger partial charge < -0.3 is 23.7 Å². The first kappa shape index (κ1) is 33.9. The molecule has 1 heterocycles. The van der Waals surface area contributed by atoms with Gasteiger partial charge in [0.05, 0.1) is 45.2 Å². The summed E-state index contributed by atoms with van der Waals surface area (Å²) in [6, 6.07) is 45.1. The van der Waals surface area contributed by atoms with Gasteiger partial charge in [0.1, 0.15) is 18.0 Å². The summed E-state index contributed by atoms with van der Waals surface area (Å²) < 4.78 is 32.1. The van der Waals surface area contributed by atoms with Crippen molar-refractivity contribution in [1.82, 2.24) is 0 Å². The average molecular weight is 663 g/mol. The summed E-state index contributed by atoms with van der Waals surface area (Å²) >= 11 is 6.78. The van der Waals surface area contributed by atoms with Crippen LogP contribution in [0.2, 0.25) is 5.02 Å². The predicted octanol–water partition coefficient (Wildman–Crippen LogP) is 9.55. The van der Waals surface area contributed by atoms with E-state index in [4.69, 9.17) is 35.3 Å². The summed E-state index contributed by atoms with van der Waals surface area (Å²) in [6.07, 6.45) is 0.217. The van der Waals surface area contributed by atoms with E-state index in [0.29, 0.717) is 45.9 Å². The topological polar surface area (TPSA) is 46.2 Å². The van der Waals surface area contributed by atoms with Gasteiger partial charge in [0.25, 0.3) is 0 Å². The fourth-order valence-corrected chi connectivity index (χ4v) is 6.24. The molecule has 0 radical (unpaired) electrons. The van der Waals surface area contributed by atoms with Crippen LogP contribution in [0.4, 0.5) is 0 Å². The highest BCUT2D eigenvalue weighted by Gasteiger charge is 2.40. The van der Waals surface area contributed by atoms with Gasteiger partial charge in [-0.2, -0.15) is 0 Å². The highest BCUT2D eigenvalue weighted by Crippen LogP contribution is 2.38. The zero-order valence-corrected chi connectivity index (χ0v) is 28.1. The zero-order chi connectivity index (χ0) is 33.0. The lowest BCUT2D eigenvalue weighted by Gasteiger charge is -2.41. The molecule has 0 spiro atoms. The summed E-state index contributed by atoms with van der Waals surface area (Å²) in [5.41, 5.74) is 6.55. The Balaban J connectivity index is 1.25. The number of hydrogen-bond donors (Lipinski definition) is 0. The fourth-order valence-electron chi connectivity index (χ4n) is 6.06. The van der Waals surface area contributed by atoms with E-state index in [0.717, 1.165) is 44.2 Å². The minimum absolute atomic E-state index is 0.228. The molecule has 0 saturated carbocycles. The molecule has 48 heavy (non-hydrogen) atoms. The summed E-state index contributed by atoms with van der Waals surface area (Å²) in [7, 11) is 0. The lowest BCUT2D eigenvalue weighted by molar-refractivity contribution is -0.217. The maximum atomic E-state index is 6.97. The molecule has 1 saturated heterocycles. The van der Waals surface area contributed by atoms with E-state index in [1.807, 2.05) is 79.7 Å². The maximum Gasteiger partial charge on any atom is 0.119 e. The summed E-state index contributed by atoms with van der Waals surface area (Å²) in [6.45, 7) is 4.46. The molecule has 0 N–H and O–H groups in total. The van der Waals surface area contributed by atoms with E-state index in [1.54, 1.807) is 0 Å². The summed E-state index contributed by atoms with van der Waals surface area (Å²) in [5.74, 6) is 0.861.